The van der Waals surface area contributed by atoms with Crippen LogP contribution in [0.5, 0.6) is 5.75 Å². The van der Waals surface area contributed by atoms with E-state index in [9.17, 15) is 13.2 Å². The lowest BCUT2D eigenvalue weighted by Crippen LogP contribution is -2.39. The third-order valence-corrected chi connectivity index (χ3v) is 4.27. The number of hydrogen-bond donors (Lipinski definition) is 0. The fourth-order valence-corrected chi connectivity index (χ4v) is 3.17. The Morgan fingerprint density at radius 2 is 2.05 bits per heavy atom. The van der Waals surface area contributed by atoms with Crippen molar-refractivity contribution in [1.82, 2.24) is 4.31 Å². The number of ether oxygens (including phenoxy) is 2. The van der Waals surface area contributed by atoms with Crippen molar-refractivity contribution < 1.29 is 26.9 Å². The molecule has 0 bridgehead atoms. The van der Waals surface area contributed by atoms with Crippen LogP contribution in [-0.4, -0.2) is 38.1 Å². The summed E-state index contributed by atoms with van der Waals surface area (Å²) < 4.78 is 39.7. The summed E-state index contributed by atoms with van der Waals surface area (Å²) in [5, 5.41) is 0. The number of hydrogen-bond acceptors (Lipinski definition) is 6. The lowest BCUT2D eigenvalue weighted by molar-refractivity contribution is 0.0356. The molecule has 0 spiro atoms. The maximum atomic E-state index is 12.2. The first kappa shape index (κ1) is 16.6. The minimum atomic E-state index is -4.16. The van der Waals surface area contributed by atoms with Gasteiger partial charge < -0.3 is 9.47 Å². The van der Waals surface area contributed by atoms with Crippen LogP contribution in [0.25, 0.3) is 0 Å². The van der Waals surface area contributed by atoms with Crippen LogP contribution in [0, 0.1) is 0 Å². The number of rotatable bonds is 2. The van der Waals surface area contributed by atoms with E-state index < -0.39 is 28.0 Å². The van der Waals surface area contributed by atoms with Crippen LogP contribution in [0.2, 0.25) is 0 Å². The maximum absolute atomic E-state index is 12.2. The summed E-state index contributed by atoms with van der Waals surface area (Å²) in [5.41, 5.74) is -0.222. The molecular formula is C14H19NO6S. The van der Waals surface area contributed by atoms with Gasteiger partial charge in [0.2, 0.25) is 0 Å². The van der Waals surface area contributed by atoms with Crippen LogP contribution in [0.15, 0.2) is 24.3 Å². The average molecular weight is 329 g/mol. The smallest absolute Gasteiger partial charge is 0.426 e. The maximum Gasteiger partial charge on any atom is 0.426 e. The van der Waals surface area contributed by atoms with Crippen molar-refractivity contribution in [2.24, 2.45) is 0 Å². The number of nitrogens with zero attached hydrogens (tertiary/aromatic N) is 1. The fraction of sp³-hybridized carbons (Fsp3) is 0.500. The van der Waals surface area contributed by atoms with Crippen LogP contribution < -0.4 is 4.74 Å². The molecule has 0 saturated carbocycles. The van der Waals surface area contributed by atoms with E-state index in [1.807, 2.05) is 0 Å². The highest BCUT2D eigenvalue weighted by Crippen LogP contribution is 2.34. The molecule has 2 rings (SSSR count). The first-order valence-electron chi connectivity index (χ1n) is 6.70. The van der Waals surface area contributed by atoms with E-state index in [2.05, 4.69) is 0 Å². The molecular weight excluding hydrogens is 310 g/mol. The Hall–Kier alpha value is -1.80. The summed E-state index contributed by atoms with van der Waals surface area (Å²) in [6, 6.07) is 6.02. The zero-order valence-corrected chi connectivity index (χ0v) is 13.7. The third-order valence-electron chi connectivity index (χ3n) is 2.95. The van der Waals surface area contributed by atoms with Crippen molar-refractivity contribution >= 4 is 16.4 Å². The summed E-state index contributed by atoms with van der Waals surface area (Å²) >= 11 is 0. The molecule has 22 heavy (non-hydrogen) atoms. The second-order valence-electron chi connectivity index (χ2n) is 5.81. The van der Waals surface area contributed by atoms with E-state index in [0.29, 0.717) is 15.6 Å². The van der Waals surface area contributed by atoms with Gasteiger partial charge in [-0.25, -0.2) is 4.79 Å². The molecule has 1 heterocycles. The first-order chi connectivity index (χ1) is 10.1. The molecule has 0 aliphatic carbocycles. The Morgan fingerprint density at radius 1 is 1.36 bits per heavy atom. The van der Waals surface area contributed by atoms with Gasteiger partial charge in [0.15, 0.2) is 0 Å². The van der Waals surface area contributed by atoms with Gasteiger partial charge in [-0.2, -0.15) is 12.7 Å². The molecule has 0 unspecified atom stereocenters. The Kier molecular flexibility index (Phi) is 4.35. The van der Waals surface area contributed by atoms with Gasteiger partial charge in [0.05, 0.1) is 13.7 Å². The van der Waals surface area contributed by atoms with Crippen molar-refractivity contribution in [1.29, 1.82) is 0 Å². The first-order valence-corrected chi connectivity index (χ1v) is 8.06. The van der Waals surface area contributed by atoms with E-state index in [-0.39, 0.29) is 6.61 Å². The second kappa shape index (κ2) is 5.77. The highest BCUT2D eigenvalue weighted by molar-refractivity contribution is 7.85. The Bertz CT molecular complexity index is 664. The van der Waals surface area contributed by atoms with E-state index in [1.54, 1.807) is 45.0 Å². The van der Waals surface area contributed by atoms with E-state index >= 15 is 0 Å². The topological polar surface area (TPSA) is 82.1 Å². The fourth-order valence-electron chi connectivity index (χ4n) is 2.04. The van der Waals surface area contributed by atoms with Crippen LogP contribution in [0.4, 0.5) is 4.79 Å². The molecule has 122 valence electrons. The Balaban J connectivity index is 2.36. The number of methoxy groups -OCH3 is 1. The van der Waals surface area contributed by atoms with E-state index in [4.69, 9.17) is 13.7 Å². The highest BCUT2D eigenvalue weighted by Gasteiger charge is 2.45. The SMILES string of the molecule is COc1cccc([C@H]2COS(=O)(=O)N2C(=O)OC(C)(C)C)c1. The highest BCUT2D eigenvalue weighted by atomic mass is 32.2. The third kappa shape index (κ3) is 3.50. The Labute approximate surface area is 130 Å². The molecule has 1 aliphatic heterocycles. The lowest BCUT2D eigenvalue weighted by Gasteiger charge is -2.26. The number of carbonyl (C=O) groups excluding carboxylic acids is 1. The molecule has 1 aliphatic rings. The van der Waals surface area contributed by atoms with Crippen LogP contribution in [0.1, 0.15) is 32.4 Å². The van der Waals surface area contributed by atoms with Gasteiger partial charge in [-0.1, -0.05) is 12.1 Å². The quantitative estimate of drug-likeness (QED) is 0.827. The van der Waals surface area contributed by atoms with E-state index in [0.717, 1.165) is 0 Å². The molecule has 8 heteroatoms. The molecule has 1 aromatic rings. The van der Waals surface area contributed by atoms with Gasteiger partial charge in [0.25, 0.3) is 0 Å². The monoisotopic (exact) mass is 329 g/mol. The van der Waals surface area contributed by atoms with Crippen molar-refractivity contribution in [3.63, 3.8) is 0 Å². The summed E-state index contributed by atoms with van der Waals surface area (Å²) in [7, 11) is -2.65. The van der Waals surface area contributed by atoms with E-state index in [1.165, 1.54) is 7.11 Å². The average Bonchev–Trinajstić information content (AvgIpc) is 2.72. The predicted octanol–water partition coefficient (Wildman–Crippen LogP) is 2.25. The zero-order chi connectivity index (χ0) is 16.5. The summed E-state index contributed by atoms with van der Waals surface area (Å²) in [6.07, 6.45) is -0.960. The summed E-state index contributed by atoms with van der Waals surface area (Å²) in [4.78, 5) is 12.2. The van der Waals surface area contributed by atoms with Gasteiger partial charge in [0.1, 0.15) is 17.4 Å². The molecule has 1 fully saturated rings. The van der Waals surface area contributed by atoms with Crippen molar-refractivity contribution in [2.45, 2.75) is 32.4 Å². The minimum Gasteiger partial charge on any atom is -0.497 e. The molecule has 1 aromatic carbocycles. The van der Waals surface area contributed by atoms with Crippen LogP contribution in [-0.2, 0) is 19.2 Å². The normalized spacial score (nSPS) is 20.7. The van der Waals surface area contributed by atoms with Crippen LogP contribution >= 0.6 is 0 Å². The number of amides is 1. The molecule has 1 saturated heterocycles. The van der Waals surface area contributed by atoms with Crippen molar-refractivity contribution in [3.05, 3.63) is 29.8 Å². The molecule has 7 nitrogen and oxygen atoms in total. The van der Waals surface area contributed by atoms with Crippen LogP contribution in [0.3, 0.4) is 0 Å². The lowest BCUT2D eigenvalue weighted by atomic mass is 10.1. The molecule has 0 aromatic heterocycles. The van der Waals surface area contributed by atoms with Gasteiger partial charge >= 0.3 is 16.4 Å². The molecule has 0 radical (unpaired) electrons. The van der Waals surface area contributed by atoms with Crippen molar-refractivity contribution in [3.8, 4) is 5.75 Å². The van der Waals surface area contributed by atoms with Gasteiger partial charge in [-0.15, -0.1) is 0 Å². The van der Waals surface area contributed by atoms with Gasteiger partial charge in [0, 0.05) is 0 Å². The minimum absolute atomic E-state index is 0.158. The molecule has 0 N–H and O–H groups in total. The second-order valence-corrected chi connectivity index (χ2v) is 7.30. The standard InChI is InChI=1S/C14H19NO6S/c1-14(2,3)21-13(16)15-12(9-20-22(15,17)18)10-6-5-7-11(8-10)19-4/h5-8,12H,9H2,1-4H3/t12-/m1/s1. The van der Waals surface area contributed by atoms with Gasteiger partial charge in [-0.05, 0) is 38.5 Å². The number of carbonyl (C=O) groups is 1. The number of benzene rings is 1. The van der Waals surface area contributed by atoms with Gasteiger partial charge in [-0.3, -0.25) is 4.18 Å². The molecule has 1 amide bonds. The van der Waals surface area contributed by atoms with Crippen molar-refractivity contribution in [2.75, 3.05) is 13.7 Å². The summed E-state index contributed by atoms with van der Waals surface area (Å²) in [5.74, 6) is 0.561. The molecule has 1 atom stereocenters. The largest absolute Gasteiger partial charge is 0.497 e. The summed E-state index contributed by atoms with van der Waals surface area (Å²) in [6.45, 7) is 4.83. The zero-order valence-electron chi connectivity index (χ0n) is 12.9. The Morgan fingerprint density at radius 3 is 2.64 bits per heavy atom. The predicted molar refractivity (Wildman–Crippen MR) is 78.7 cm³/mol.